The van der Waals surface area contributed by atoms with E-state index in [-0.39, 0.29) is 29.7 Å². The van der Waals surface area contributed by atoms with Crippen LogP contribution in [0, 0.1) is 24.7 Å². The number of amides is 1. The molecule has 1 aliphatic heterocycles. The number of aryl methyl sites for hydroxylation is 1. The number of halogens is 3. The number of nitrogens with one attached hydrogen (secondary N) is 1. The second-order valence-electron chi connectivity index (χ2n) is 11.0. The summed E-state index contributed by atoms with van der Waals surface area (Å²) >= 11 is 0. The minimum atomic E-state index is -4.53. The molecule has 2 aliphatic carbocycles. The van der Waals surface area contributed by atoms with Crippen LogP contribution in [0.2, 0.25) is 0 Å². The molecule has 4 unspecified atom stereocenters. The van der Waals surface area contributed by atoms with Gasteiger partial charge in [0.2, 0.25) is 0 Å². The van der Waals surface area contributed by atoms with E-state index >= 15 is 0 Å². The van der Waals surface area contributed by atoms with Crippen LogP contribution in [-0.4, -0.2) is 52.4 Å². The highest BCUT2D eigenvalue weighted by Gasteiger charge is 2.56. The first-order valence-corrected chi connectivity index (χ1v) is 12.9. The largest absolute Gasteiger partial charge is 0.416 e. The molecule has 1 aromatic carbocycles. The number of carbonyl (C=O) groups excluding carboxylic acids is 2. The first-order valence-electron chi connectivity index (χ1n) is 12.9. The average Bonchev–Trinajstić information content (AvgIpc) is 3.57. The Morgan fingerprint density at radius 3 is 2.70 bits per heavy atom. The fourth-order valence-electron chi connectivity index (χ4n) is 6.65. The first kappa shape index (κ1) is 25.9. The molecule has 1 amide bonds. The van der Waals surface area contributed by atoms with Crippen LogP contribution in [0.4, 0.5) is 13.2 Å². The Hall–Kier alpha value is -2.78. The topological polar surface area (TPSA) is 82.5 Å². The lowest BCUT2D eigenvalue weighted by molar-refractivity contribution is -0.137. The summed E-state index contributed by atoms with van der Waals surface area (Å²) in [5.74, 6) is 0.000582. The molecular weight excluding hydrogens is 483 g/mol. The smallest absolute Gasteiger partial charge is 0.385 e. The van der Waals surface area contributed by atoms with E-state index < -0.39 is 23.2 Å². The van der Waals surface area contributed by atoms with E-state index in [0.717, 1.165) is 62.2 Å². The van der Waals surface area contributed by atoms with Gasteiger partial charge in [0, 0.05) is 42.0 Å². The summed E-state index contributed by atoms with van der Waals surface area (Å²) in [5, 5.41) is 13.9. The number of aliphatic hydroxyl groups is 1. The van der Waals surface area contributed by atoms with Gasteiger partial charge in [-0.05, 0) is 81.2 Å². The van der Waals surface area contributed by atoms with E-state index in [0.29, 0.717) is 18.4 Å². The molecule has 0 spiro atoms. The van der Waals surface area contributed by atoms with Gasteiger partial charge in [0.1, 0.15) is 0 Å². The van der Waals surface area contributed by atoms with Crippen LogP contribution in [0.15, 0.2) is 42.6 Å². The molecule has 9 heteroatoms. The average molecular weight is 516 g/mol. The molecule has 5 rings (SSSR count). The summed E-state index contributed by atoms with van der Waals surface area (Å²) in [7, 11) is 0. The van der Waals surface area contributed by atoms with Crippen LogP contribution in [0.3, 0.4) is 0 Å². The summed E-state index contributed by atoms with van der Waals surface area (Å²) in [6.45, 7) is 3.46. The van der Waals surface area contributed by atoms with Gasteiger partial charge in [-0.1, -0.05) is 12.1 Å². The standard InChI is InChI=1S/C28H32F3N3O3/c1-17-5-6-22(14-32-17)27(37)13-20-11-23(27)12-25(20)34-8-7-18(16-34)9-24(35)15-33-26(36)19-3-2-4-21(10-19)28(29,30)31/h2-6,10,14,18,20,23,25,37H,7-9,11-13,15-16H2,1H3,(H,33,36)/t18-,20?,23?,25?,27?/m0/s1. The number of hydrogen-bond donors (Lipinski definition) is 2. The predicted molar refractivity (Wildman–Crippen MR) is 131 cm³/mol. The van der Waals surface area contributed by atoms with Crippen LogP contribution >= 0.6 is 0 Å². The lowest BCUT2D eigenvalue weighted by atomic mass is 9.77. The molecule has 5 atom stereocenters. The molecule has 0 radical (unpaired) electrons. The molecule has 6 nitrogen and oxygen atoms in total. The zero-order chi connectivity index (χ0) is 26.4. The maximum atomic E-state index is 12.9. The highest BCUT2D eigenvalue weighted by Crippen LogP contribution is 2.57. The molecule has 2 heterocycles. The Bertz CT molecular complexity index is 1170. The maximum absolute atomic E-state index is 12.9. The fourth-order valence-corrected chi connectivity index (χ4v) is 6.65. The van der Waals surface area contributed by atoms with Gasteiger partial charge in [-0.2, -0.15) is 13.2 Å². The highest BCUT2D eigenvalue weighted by atomic mass is 19.4. The molecule has 3 aliphatic rings. The zero-order valence-corrected chi connectivity index (χ0v) is 20.8. The Kier molecular flexibility index (Phi) is 6.87. The Labute approximate surface area is 214 Å². The fraction of sp³-hybridized carbons (Fsp3) is 0.536. The van der Waals surface area contributed by atoms with Crippen molar-refractivity contribution >= 4 is 11.7 Å². The van der Waals surface area contributed by atoms with E-state index in [1.54, 1.807) is 6.20 Å². The van der Waals surface area contributed by atoms with Gasteiger partial charge in [0.05, 0.1) is 17.7 Å². The molecular formula is C28H32F3N3O3. The summed E-state index contributed by atoms with van der Waals surface area (Å²) in [6, 6.07) is 8.52. The molecule has 1 aromatic heterocycles. The highest BCUT2D eigenvalue weighted by molar-refractivity contribution is 5.96. The Morgan fingerprint density at radius 2 is 2.03 bits per heavy atom. The number of carbonyl (C=O) groups is 2. The number of hydrogen-bond acceptors (Lipinski definition) is 5. The SMILES string of the molecule is Cc1ccc(C2(O)CC3CC2CC3N2CC[C@@H](CC(=O)CNC(=O)c3cccc(C(F)(F)F)c3)C2)cn1. The Balaban J connectivity index is 1.09. The molecule has 2 aromatic rings. The van der Waals surface area contributed by atoms with Crippen molar-refractivity contribution in [3.05, 3.63) is 65.0 Å². The van der Waals surface area contributed by atoms with Crippen LogP contribution < -0.4 is 5.32 Å². The van der Waals surface area contributed by atoms with Gasteiger partial charge in [-0.3, -0.25) is 19.5 Å². The van der Waals surface area contributed by atoms with Gasteiger partial charge in [-0.15, -0.1) is 0 Å². The Morgan fingerprint density at radius 1 is 1.22 bits per heavy atom. The van der Waals surface area contributed by atoms with Crippen molar-refractivity contribution in [3.8, 4) is 0 Å². The molecule has 2 saturated carbocycles. The second kappa shape index (κ2) is 9.83. The van der Waals surface area contributed by atoms with Gasteiger partial charge < -0.3 is 10.4 Å². The summed E-state index contributed by atoms with van der Waals surface area (Å²) in [6.07, 6.45) is 1.16. The van der Waals surface area contributed by atoms with E-state index in [4.69, 9.17) is 0 Å². The third-order valence-corrected chi connectivity index (χ3v) is 8.52. The number of benzene rings is 1. The van der Waals surface area contributed by atoms with Crippen molar-refractivity contribution in [1.29, 1.82) is 0 Å². The quantitative estimate of drug-likeness (QED) is 0.580. The van der Waals surface area contributed by atoms with Gasteiger partial charge in [0.15, 0.2) is 5.78 Å². The third-order valence-electron chi connectivity index (χ3n) is 8.52. The number of ketones is 1. The van der Waals surface area contributed by atoms with Gasteiger partial charge >= 0.3 is 6.18 Å². The first-order chi connectivity index (χ1) is 17.5. The summed E-state index contributed by atoms with van der Waals surface area (Å²) in [4.78, 5) is 31.6. The number of rotatable bonds is 7. The van der Waals surface area contributed by atoms with Crippen LogP contribution in [0.5, 0.6) is 0 Å². The molecule has 198 valence electrons. The minimum absolute atomic E-state index is 0.118. The number of Topliss-reactive ketones (excluding diaryl/α,β-unsaturated/α-hetero) is 1. The van der Waals surface area contributed by atoms with Crippen LogP contribution in [-0.2, 0) is 16.6 Å². The van der Waals surface area contributed by atoms with Gasteiger partial charge in [-0.25, -0.2) is 0 Å². The van der Waals surface area contributed by atoms with Crippen LogP contribution in [0.25, 0.3) is 0 Å². The van der Waals surface area contributed by atoms with E-state index in [9.17, 15) is 27.9 Å². The number of pyridine rings is 1. The number of aromatic nitrogens is 1. The number of nitrogens with zero attached hydrogens (tertiary/aromatic N) is 2. The number of likely N-dealkylation sites (tertiary alicyclic amines) is 1. The normalized spacial score (nSPS) is 29.5. The van der Waals surface area contributed by atoms with Crippen molar-refractivity contribution in [2.45, 2.75) is 56.8 Å². The monoisotopic (exact) mass is 515 g/mol. The molecule has 2 N–H and O–H groups in total. The number of fused-ring (bicyclic) bond motifs is 2. The zero-order valence-electron chi connectivity index (χ0n) is 20.8. The minimum Gasteiger partial charge on any atom is -0.385 e. The second-order valence-corrected chi connectivity index (χ2v) is 11.0. The predicted octanol–water partition coefficient (Wildman–Crippen LogP) is 4.11. The van der Waals surface area contributed by atoms with Crippen molar-refractivity contribution in [3.63, 3.8) is 0 Å². The van der Waals surface area contributed by atoms with E-state index in [1.165, 1.54) is 12.1 Å². The lowest BCUT2D eigenvalue weighted by Crippen LogP contribution is -2.43. The molecule has 2 bridgehead atoms. The van der Waals surface area contributed by atoms with Crippen molar-refractivity contribution < 1.29 is 27.9 Å². The summed E-state index contributed by atoms with van der Waals surface area (Å²) in [5.41, 5.74) is 0.0104. The maximum Gasteiger partial charge on any atom is 0.416 e. The lowest BCUT2D eigenvalue weighted by Gasteiger charge is -2.39. The van der Waals surface area contributed by atoms with Crippen molar-refractivity contribution in [2.75, 3.05) is 19.6 Å². The van der Waals surface area contributed by atoms with Gasteiger partial charge in [0.25, 0.3) is 5.91 Å². The van der Waals surface area contributed by atoms with Crippen LogP contribution in [0.1, 0.15) is 59.3 Å². The molecule has 37 heavy (non-hydrogen) atoms. The van der Waals surface area contributed by atoms with E-state index in [1.807, 2.05) is 19.1 Å². The molecule has 1 saturated heterocycles. The third kappa shape index (κ3) is 5.29. The van der Waals surface area contributed by atoms with Crippen molar-refractivity contribution in [2.24, 2.45) is 17.8 Å². The van der Waals surface area contributed by atoms with Crippen molar-refractivity contribution in [1.82, 2.24) is 15.2 Å². The molecule has 3 fully saturated rings. The van der Waals surface area contributed by atoms with E-state index in [2.05, 4.69) is 15.2 Å². The summed E-state index contributed by atoms with van der Waals surface area (Å²) < 4.78 is 38.7. The number of alkyl halides is 3.